The van der Waals surface area contributed by atoms with Gasteiger partial charge in [-0.1, -0.05) is 224 Å². The highest BCUT2D eigenvalue weighted by Gasteiger charge is 2.44. The molecule has 0 unspecified atom stereocenters. The van der Waals surface area contributed by atoms with Gasteiger partial charge in [-0.05, 0) is 254 Å². The van der Waals surface area contributed by atoms with Crippen LogP contribution in [0.3, 0.4) is 0 Å². The third-order valence-electron chi connectivity index (χ3n) is 20.9. The van der Waals surface area contributed by atoms with Crippen molar-refractivity contribution in [2.45, 2.75) is 96.3 Å². The lowest BCUT2D eigenvalue weighted by Gasteiger charge is -2.31. The molecule has 0 spiro atoms. The fourth-order valence-electron chi connectivity index (χ4n) is 16.2. The van der Waals surface area contributed by atoms with Gasteiger partial charge in [-0.3, -0.25) is 0 Å². The van der Waals surface area contributed by atoms with E-state index in [4.69, 9.17) is 0 Å². The Morgan fingerprint density at radius 1 is 0.181 bits per heavy atom. The van der Waals surface area contributed by atoms with Gasteiger partial charge in [0, 0.05) is 16.2 Å². The first-order valence-electron chi connectivity index (χ1n) is 30.8. The maximum absolute atomic E-state index is 2.58. The Bertz CT molecular complexity index is 4270. The molecule has 0 amide bonds. The zero-order chi connectivity index (χ0) is 56.2. The zero-order valence-electron chi connectivity index (χ0n) is 48.8. The number of rotatable bonds is 12. The van der Waals surface area contributed by atoms with Crippen LogP contribution in [0.25, 0.3) is 122 Å². The van der Waals surface area contributed by atoms with E-state index >= 15 is 0 Å². The van der Waals surface area contributed by atoms with Crippen LogP contribution in [-0.2, 0) is 16.2 Å². The molecule has 0 bridgehead atoms. The lowest BCUT2D eigenvalue weighted by Crippen LogP contribution is -2.23. The molecule has 3 aliphatic carbocycles. The molecule has 0 radical (unpaired) electrons. The molecule has 0 nitrogen and oxygen atoms in total. The van der Waals surface area contributed by atoms with Crippen molar-refractivity contribution in [3.8, 4) is 100 Å². The van der Waals surface area contributed by atoms with Crippen LogP contribution < -0.4 is 0 Å². The standard InChI is InChI=1S/C83H70/c1-7-81(8-2)75-47-59(61-33-39-67-69-41-35-63(51-79(69)82(9-3,10-4)77(67)49-61)73-45-57-29-21-19-27-55(57)43-71(73)53-23-15-13-16-24-53)31-37-65(75)66-38-32-60(48-76(66)81)62-34-40-68-70-42-36-64(52-80(70)83(11-5,12-6)78(68)50-62)74-46-58-30-22-20-28-56(58)44-72(74)54-25-17-14-18-26-54/h13-52H,7-12H2,1-6H3. The number of hydrogen-bond donors (Lipinski definition) is 0. The van der Waals surface area contributed by atoms with Crippen molar-refractivity contribution in [3.63, 3.8) is 0 Å². The molecule has 3 aliphatic rings. The van der Waals surface area contributed by atoms with E-state index in [9.17, 15) is 0 Å². The van der Waals surface area contributed by atoms with Crippen molar-refractivity contribution >= 4 is 21.5 Å². The van der Waals surface area contributed by atoms with E-state index in [2.05, 4.69) is 284 Å². The average Bonchev–Trinajstić information content (AvgIpc) is 4.26. The summed E-state index contributed by atoms with van der Waals surface area (Å²) in [5, 5.41) is 5.08. The van der Waals surface area contributed by atoms with Crippen molar-refractivity contribution in [2.75, 3.05) is 0 Å². The molecule has 0 saturated heterocycles. The van der Waals surface area contributed by atoms with Gasteiger partial charge in [0.1, 0.15) is 0 Å². The predicted molar refractivity (Wildman–Crippen MR) is 354 cm³/mol. The first kappa shape index (κ1) is 51.1. The van der Waals surface area contributed by atoms with Gasteiger partial charge in [-0.25, -0.2) is 0 Å². The minimum absolute atomic E-state index is 0.0951. The molecule has 0 fully saturated rings. The van der Waals surface area contributed by atoms with Gasteiger partial charge >= 0.3 is 0 Å². The molecule has 15 rings (SSSR count). The molecule has 0 heteroatoms. The van der Waals surface area contributed by atoms with Gasteiger partial charge in [0.2, 0.25) is 0 Å². The van der Waals surface area contributed by atoms with Crippen molar-refractivity contribution in [1.29, 1.82) is 0 Å². The summed E-state index contributed by atoms with van der Waals surface area (Å²) < 4.78 is 0. The highest BCUT2D eigenvalue weighted by atomic mass is 14.5. The zero-order valence-corrected chi connectivity index (χ0v) is 48.8. The molecular weight excluding hydrogens is 997 g/mol. The normalized spacial score (nSPS) is 14.5. The molecule has 0 aromatic heterocycles. The third kappa shape index (κ3) is 7.57. The quantitative estimate of drug-likeness (QED) is 0.114. The third-order valence-corrected chi connectivity index (χ3v) is 20.9. The molecule has 0 saturated carbocycles. The molecule has 0 N–H and O–H groups in total. The van der Waals surface area contributed by atoms with Gasteiger partial charge in [-0.2, -0.15) is 0 Å². The van der Waals surface area contributed by atoms with Crippen LogP contribution in [0.5, 0.6) is 0 Å². The molecular formula is C83H70. The minimum Gasteiger partial charge on any atom is -0.0642 e. The number of benzene rings is 12. The van der Waals surface area contributed by atoms with E-state index < -0.39 is 0 Å². The van der Waals surface area contributed by atoms with Gasteiger partial charge in [0.15, 0.2) is 0 Å². The molecule has 402 valence electrons. The van der Waals surface area contributed by atoms with Gasteiger partial charge in [0.05, 0.1) is 0 Å². The van der Waals surface area contributed by atoms with E-state index in [0.29, 0.717) is 0 Å². The maximum atomic E-state index is 2.58. The summed E-state index contributed by atoms with van der Waals surface area (Å²) in [6.45, 7) is 14.4. The number of hydrogen-bond acceptors (Lipinski definition) is 0. The Morgan fingerprint density at radius 2 is 0.386 bits per heavy atom. The molecule has 0 aliphatic heterocycles. The largest absolute Gasteiger partial charge is 0.0642 e. The molecule has 0 heterocycles. The second-order valence-electron chi connectivity index (χ2n) is 24.2. The van der Waals surface area contributed by atoms with Crippen LogP contribution >= 0.6 is 0 Å². The van der Waals surface area contributed by atoms with Crippen molar-refractivity contribution < 1.29 is 0 Å². The molecule has 83 heavy (non-hydrogen) atoms. The average molecular weight is 1070 g/mol. The molecule has 0 atom stereocenters. The SMILES string of the molecule is CCC1(CC)c2cc(-c3ccc4c(c3)C(CC)(CC)c3cc(-c5cc6ccccc6cc5-c5ccccc5)ccc3-4)ccc2-c2ccc(-c3ccc4c(c3)C(CC)(CC)c3cc(-c5cc6ccccc6cc5-c5ccccc5)ccc3-4)cc21. The van der Waals surface area contributed by atoms with E-state index in [-0.39, 0.29) is 16.2 Å². The van der Waals surface area contributed by atoms with Crippen LogP contribution in [0.1, 0.15) is 113 Å². The Morgan fingerprint density at radius 3 is 0.627 bits per heavy atom. The monoisotopic (exact) mass is 1070 g/mol. The van der Waals surface area contributed by atoms with Crippen LogP contribution in [0, 0.1) is 0 Å². The van der Waals surface area contributed by atoms with Crippen LogP contribution in [-0.4, -0.2) is 0 Å². The Balaban J connectivity index is 0.773. The Kier molecular flexibility index (Phi) is 12.1. The maximum Gasteiger partial charge on any atom is 0.0210 e. The Labute approximate surface area is 491 Å². The summed E-state index contributed by atoms with van der Waals surface area (Å²) in [5.74, 6) is 0. The molecule has 12 aromatic carbocycles. The molecule has 12 aromatic rings. The summed E-state index contributed by atoms with van der Waals surface area (Å²) in [5.41, 5.74) is 32.2. The predicted octanol–water partition coefficient (Wildman–Crippen LogP) is 23.3. The summed E-state index contributed by atoms with van der Waals surface area (Å²) in [6, 6.07) is 93.4. The second-order valence-corrected chi connectivity index (χ2v) is 24.2. The smallest absolute Gasteiger partial charge is 0.0210 e. The van der Waals surface area contributed by atoms with Gasteiger partial charge in [-0.15, -0.1) is 0 Å². The van der Waals surface area contributed by atoms with E-state index in [1.165, 1.54) is 155 Å². The second kappa shape index (κ2) is 19.7. The van der Waals surface area contributed by atoms with Crippen LogP contribution in [0.4, 0.5) is 0 Å². The van der Waals surface area contributed by atoms with Crippen LogP contribution in [0.15, 0.2) is 243 Å². The fraction of sp³-hybridized carbons (Fsp3) is 0.181. The topological polar surface area (TPSA) is 0 Å². The highest BCUT2D eigenvalue weighted by Crippen LogP contribution is 2.59. The summed E-state index contributed by atoms with van der Waals surface area (Å²) in [6.07, 6.45) is 6.22. The lowest BCUT2D eigenvalue weighted by atomic mass is 9.72. The lowest BCUT2D eigenvalue weighted by molar-refractivity contribution is 0.490. The number of fused-ring (bicyclic) bond motifs is 11. The summed E-state index contributed by atoms with van der Waals surface area (Å²) in [4.78, 5) is 0. The summed E-state index contributed by atoms with van der Waals surface area (Å²) >= 11 is 0. The van der Waals surface area contributed by atoms with Crippen molar-refractivity contribution in [3.05, 3.63) is 276 Å². The van der Waals surface area contributed by atoms with Gasteiger partial charge in [0.25, 0.3) is 0 Å². The minimum atomic E-state index is -0.0979. The first-order chi connectivity index (χ1) is 40.8. The first-order valence-corrected chi connectivity index (χ1v) is 30.8. The highest BCUT2D eigenvalue weighted by molar-refractivity contribution is 6.00. The van der Waals surface area contributed by atoms with Crippen molar-refractivity contribution in [2.24, 2.45) is 0 Å². The van der Waals surface area contributed by atoms with Crippen molar-refractivity contribution in [1.82, 2.24) is 0 Å². The summed E-state index contributed by atoms with van der Waals surface area (Å²) in [7, 11) is 0. The van der Waals surface area contributed by atoms with E-state index in [1.807, 2.05) is 0 Å². The van der Waals surface area contributed by atoms with Crippen LogP contribution in [0.2, 0.25) is 0 Å². The van der Waals surface area contributed by atoms with E-state index in [1.54, 1.807) is 0 Å². The van der Waals surface area contributed by atoms with Gasteiger partial charge < -0.3 is 0 Å². The van der Waals surface area contributed by atoms with E-state index in [0.717, 1.165) is 38.5 Å². The fourth-order valence-corrected chi connectivity index (χ4v) is 16.2. The Hall–Kier alpha value is -8.84.